The summed E-state index contributed by atoms with van der Waals surface area (Å²) >= 11 is 0. The number of aliphatic hydroxyl groups is 1. The number of rotatable bonds is 4. The molecule has 0 radical (unpaired) electrons. The van der Waals surface area contributed by atoms with Gasteiger partial charge in [-0.3, -0.25) is 4.79 Å². The summed E-state index contributed by atoms with van der Waals surface area (Å²) < 4.78 is 0. The highest BCUT2D eigenvalue weighted by atomic mass is 16.6. The summed E-state index contributed by atoms with van der Waals surface area (Å²) in [5, 5.41) is 9.92. The molecule has 0 saturated carbocycles. The van der Waals surface area contributed by atoms with Crippen molar-refractivity contribution in [2.45, 2.75) is 18.9 Å². The molecule has 1 aromatic rings. The van der Waals surface area contributed by atoms with Crippen LogP contribution in [0.2, 0.25) is 0 Å². The first-order chi connectivity index (χ1) is 9.01. The Morgan fingerprint density at radius 1 is 1.47 bits per heavy atom. The van der Waals surface area contributed by atoms with Gasteiger partial charge in [-0.15, -0.1) is 6.58 Å². The maximum atomic E-state index is 12.4. The van der Waals surface area contributed by atoms with E-state index in [1.54, 1.807) is 6.07 Å². The highest BCUT2D eigenvalue weighted by Crippen LogP contribution is 2.38. The Morgan fingerprint density at radius 2 is 2.16 bits per heavy atom. The third-order valence-electron chi connectivity index (χ3n) is 3.19. The van der Waals surface area contributed by atoms with Gasteiger partial charge in [0.05, 0.1) is 7.11 Å². The lowest BCUT2D eigenvalue weighted by Crippen LogP contribution is -2.50. The standard InChI is InChI=1S/C15H17NO3/c1-10(2)9-15(16-19-3)12-7-5-4-6-11(12)13(17)8-14(15)18/h4-8,16-17H,1,9H2,2-3H3. The van der Waals surface area contributed by atoms with E-state index in [1.165, 1.54) is 13.2 Å². The van der Waals surface area contributed by atoms with Crippen LogP contribution in [0.25, 0.3) is 5.76 Å². The van der Waals surface area contributed by atoms with Gasteiger partial charge in [-0.25, -0.2) is 0 Å². The van der Waals surface area contributed by atoms with Crippen LogP contribution < -0.4 is 5.48 Å². The van der Waals surface area contributed by atoms with Gasteiger partial charge in [0.25, 0.3) is 0 Å². The maximum absolute atomic E-state index is 12.4. The molecule has 1 aliphatic carbocycles. The first-order valence-corrected chi connectivity index (χ1v) is 6.01. The summed E-state index contributed by atoms with van der Waals surface area (Å²) in [5.41, 5.74) is 3.95. The van der Waals surface area contributed by atoms with E-state index >= 15 is 0 Å². The molecule has 4 nitrogen and oxygen atoms in total. The molecule has 1 aromatic carbocycles. The summed E-state index contributed by atoms with van der Waals surface area (Å²) in [6.45, 7) is 5.73. The van der Waals surface area contributed by atoms with Crippen LogP contribution >= 0.6 is 0 Å². The molecule has 4 heteroatoms. The molecule has 2 rings (SSSR count). The zero-order valence-corrected chi connectivity index (χ0v) is 11.1. The van der Waals surface area contributed by atoms with Gasteiger partial charge in [0.1, 0.15) is 11.3 Å². The first kappa shape index (κ1) is 13.5. The van der Waals surface area contributed by atoms with E-state index in [4.69, 9.17) is 4.84 Å². The molecule has 19 heavy (non-hydrogen) atoms. The maximum Gasteiger partial charge on any atom is 0.186 e. The van der Waals surface area contributed by atoms with Crippen molar-refractivity contribution >= 4 is 11.5 Å². The Morgan fingerprint density at radius 3 is 2.79 bits per heavy atom. The van der Waals surface area contributed by atoms with Gasteiger partial charge in [-0.05, 0) is 18.9 Å². The summed E-state index contributed by atoms with van der Waals surface area (Å²) in [6, 6.07) is 7.23. The number of carbonyl (C=O) groups excluding carboxylic acids is 1. The largest absolute Gasteiger partial charge is 0.507 e. The average Bonchev–Trinajstić information content (AvgIpc) is 2.36. The van der Waals surface area contributed by atoms with Crippen molar-refractivity contribution in [2.75, 3.05) is 7.11 Å². The van der Waals surface area contributed by atoms with Crippen LogP contribution in [0.3, 0.4) is 0 Å². The molecule has 0 bridgehead atoms. The minimum Gasteiger partial charge on any atom is -0.507 e. The van der Waals surface area contributed by atoms with Crippen molar-refractivity contribution in [3.8, 4) is 0 Å². The Labute approximate surface area is 112 Å². The van der Waals surface area contributed by atoms with Gasteiger partial charge in [0.2, 0.25) is 0 Å². The highest BCUT2D eigenvalue weighted by Gasteiger charge is 2.44. The minimum absolute atomic E-state index is 0.0177. The summed E-state index contributed by atoms with van der Waals surface area (Å²) in [4.78, 5) is 17.4. The summed E-state index contributed by atoms with van der Waals surface area (Å²) in [5.74, 6) is -0.260. The van der Waals surface area contributed by atoms with E-state index in [0.717, 1.165) is 5.57 Å². The molecule has 0 amide bonds. The minimum atomic E-state index is -1.02. The second kappa shape index (κ2) is 4.99. The number of nitrogens with one attached hydrogen (secondary N) is 1. The van der Waals surface area contributed by atoms with Crippen molar-refractivity contribution in [3.05, 3.63) is 53.6 Å². The highest BCUT2D eigenvalue weighted by molar-refractivity contribution is 6.06. The zero-order chi connectivity index (χ0) is 14.0. The molecule has 0 saturated heterocycles. The zero-order valence-electron chi connectivity index (χ0n) is 11.1. The summed E-state index contributed by atoms with van der Waals surface area (Å²) in [6.07, 6.45) is 1.64. The number of hydrogen-bond donors (Lipinski definition) is 2. The monoisotopic (exact) mass is 259 g/mol. The smallest absolute Gasteiger partial charge is 0.186 e. The van der Waals surface area contributed by atoms with Crippen molar-refractivity contribution in [1.82, 2.24) is 5.48 Å². The van der Waals surface area contributed by atoms with Crippen molar-refractivity contribution in [3.63, 3.8) is 0 Å². The van der Waals surface area contributed by atoms with Crippen LogP contribution in [0.15, 0.2) is 42.5 Å². The fraction of sp³-hybridized carbons (Fsp3) is 0.267. The topological polar surface area (TPSA) is 58.6 Å². The van der Waals surface area contributed by atoms with Crippen molar-refractivity contribution < 1.29 is 14.7 Å². The third-order valence-corrected chi connectivity index (χ3v) is 3.19. The van der Waals surface area contributed by atoms with E-state index in [1.807, 2.05) is 25.1 Å². The van der Waals surface area contributed by atoms with Gasteiger partial charge in [0, 0.05) is 11.6 Å². The normalized spacial score (nSPS) is 21.8. The predicted molar refractivity (Wildman–Crippen MR) is 73.3 cm³/mol. The quantitative estimate of drug-likeness (QED) is 0.644. The molecule has 1 atom stereocenters. The number of ketones is 1. The molecule has 1 aliphatic rings. The molecule has 1 unspecified atom stereocenters. The molecule has 2 N–H and O–H groups in total. The average molecular weight is 259 g/mol. The molecule has 0 aliphatic heterocycles. The van der Waals surface area contributed by atoms with Crippen LogP contribution in [0.4, 0.5) is 0 Å². The third kappa shape index (κ3) is 2.20. The lowest BCUT2D eigenvalue weighted by Gasteiger charge is -2.36. The number of benzene rings is 1. The van der Waals surface area contributed by atoms with Crippen LogP contribution in [0, 0.1) is 0 Å². The second-order valence-corrected chi connectivity index (χ2v) is 4.78. The van der Waals surface area contributed by atoms with E-state index < -0.39 is 5.54 Å². The van der Waals surface area contributed by atoms with E-state index in [2.05, 4.69) is 12.1 Å². The number of fused-ring (bicyclic) bond motifs is 1. The predicted octanol–water partition coefficient (Wildman–Crippen LogP) is 2.48. The Balaban J connectivity index is 2.65. The van der Waals surface area contributed by atoms with Crippen LogP contribution in [0.5, 0.6) is 0 Å². The van der Waals surface area contributed by atoms with E-state index in [0.29, 0.717) is 17.5 Å². The molecule has 0 heterocycles. The fourth-order valence-corrected chi connectivity index (χ4v) is 2.49. The number of hydroxylamine groups is 1. The van der Waals surface area contributed by atoms with Crippen molar-refractivity contribution in [1.29, 1.82) is 0 Å². The van der Waals surface area contributed by atoms with Crippen LogP contribution in [0.1, 0.15) is 24.5 Å². The SMILES string of the molecule is C=C(C)CC1(NOC)C(=O)C=C(O)c2ccccc21. The van der Waals surface area contributed by atoms with Gasteiger partial charge in [-0.2, -0.15) is 5.48 Å². The molecule has 0 spiro atoms. The number of aliphatic hydroxyl groups excluding tert-OH is 1. The van der Waals surface area contributed by atoms with Gasteiger partial charge < -0.3 is 9.94 Å². The number of hydrogen-bond acceptors (Lipinski definition) is 4. The first-order valence-electron chi connectivity index (χ1n) is 6.01. The Hall–Kier alpha value is -1.91. The van der Waals surface area contributed by atoms with Gasteiger partial charge >= 0.3 is 0 Å². The Bertz CT molecular complexity index is 562. The second-order valence-electron chi connectivity index (χ2n) is 4.78. The lowest BCUT2D eigenvalue weighted by molar-refractivity contribution is -0.127. The van der Waals surface area contributed by atoms with Crippen molar-refractivity contribution in [2.24, 2.45) is 0 Å². The lowest BCUT2D eigenvalue weighted by atomic mass is 9.75. The number of carbonyl (C=O) groups is 1. The fourth-order valence-electron chi connectivity index (χ4n) is 2.49. The molecule has 100 valence electrons. The van der Waals surface area contributed by atoms with Gasteiger partial charge in [-0.1, -0.05) is 29.8 Å². The molecule has 0 aromatic heterocycles. The molecule has 0 fully saturated rings. The molecular weight excluding hydrogens is 242 g/mol. The van der Waals surface area contributed by atoms with E-state index in [-0.39, 0.29) is 11.5 Å². The van der Waals surface area contributed by atoms with E-state index in [9.17, 15) is 9.90 Å². The van der Waals surface area contributed by atoms with Crippen LogP contribution in [-0.2, 0) is 15.2 Å². The Kier molecular flexibility index (Phi) is 3.55. The summed E-state index contributed by atoms with van der Waals surface area (Å²) in [7, 11) is 1.47. The van der Waals surface area contributed by atoms with Gasteiger partial charge in [0.15, 0.2) is 5.78 Å². The van der Waals surface area contributed by atoms with Crippen LogP contribution in [-0.4, -0.2) is 18.0 Å². The molecular formula is C15H17NO3.